The van der Waals surface area contributed by atoms with E-state index in [0.717, 1.165) is 30.2 Å². The number of nitrogens with one attached hydrogen (secondary N) is 1. The summed E-state index contributed by atoms with van der Waals surface area (Å²) in [5.74, 6) is -0.110. The summed E-state index contributed by atoms with van der Waals surface area (Å²) >= 11 is 8.62. The van der Waals surface area contributed by atoms with Crippen molar-refractivity contribution in [3.63, 3.8) is 0 Å². The van der Waals surface area contributed by atoms with Gasteiger partial charge in [-0.05, 0) is 31.0 Å². The molecule has 0 radical (unpaired) electrons. The summed E-state index contributed by atoms with van der Waals surface area (Å²) in [5.41, 5.74) is 6.04. The summed E-state index contributed by atoms with van der Waals surface area (Å²) in [5, 5.41) is 3.09. The predicted molar refractivity (Wildman–Crippen MR) is 88.8 cm³/mol. The molecule has 0 aromatic heterocycles. The van der Waals surface area contributed by atoms with Crippen LogP contribution in [0.15, 0.2) is 28.7 Å². The minimum atomic E-state index is -0.523. The number of hydrogen-bond donors (Lipinski definition) is 2. The Bertz CT molecular complexity index is 510. The molecule has 108 valence electrons. The van der Waals surface area contributed by atoms with Crippen LogP contribution in [0.3, 0.4) is 0 Å². The molecule has 1 aromatic carbocycles. The zero-order valence-electron chi connectivity index (χ0n) is 11.3. The molecule has 3 nitrogen and oxygen atoms in total. The van der Waals surface area contributed by atoms with Crippen molar-refractivity contribution in [2.75, 3.05) is 0 Å². The van der Waals surface area contributed by atoms with E-state index < -0.39 is 5.54 Å². The van der Waals surface area contributed by atoms with Crippen LogP contribution >= 0.6 is 28.1 Å². The molecule has 0 saturated heterocycles. The average molecular weight is 355 g/mol. The molecule has 1 saturated carbocycles. The second kappa shape index (κ2) is 6.68. The van der Waals surface area contributed by atoms with Gasteiger partial charge in [0.25, 0.3) is 5.91 Å². The van der Waals surface area contributed by atoms with Crippen LogP contribution in [-0.2, 0) is 0 Å². The van der Waals surface area contributed by atoms with Gasteiger partial charge >= 0.3 is 0 Å². The molecule has 1 aromatic rings. The Balaban J connectivity index is 2.19. The van der Waals surface area contributed by atoms with Gasteiger partial charge in [-0.15, -0.1) is 0 Å². The maximum Gasteiger partial charge on any atom is 0.252 e. The van der Waals surface area contributed by atoms with Gasteiger partial charge in [-0.3, -0.25) is 4.79 Å². The predicted octanol–water partition coefficient (Wildman–Crippen LogP) is 3.56. The van der Waals surface area contributed by atoms with Gasteiger partial charge in [-0.2, -0.15) is 0 Å². The van der Waals surface area contributed by atoms with Gasteiger partial charge in [0.2, 0.25) is 0 Å². The summed E-state index contributed by atoms with van der Waals surface area (Å²) < 4.78 is 0.885. The van der Waals surface area contributed by atoms with Crippen LogP contribution in [-0.4, -0.2) is 16.4 Å². The van der Waals surface area contributed by atoms with Crippen molar-refractivity contribution < 1.29 is 4.79 Å². The normalized spacial score (nSPS) is 18.1. The molecular formula is C15H19BrN2OS. The number of carbonyl (C=O) groups is 1. The largest absolute Gasteiger partial charge is 0.391 e. The average Bonchev–Trinajstić information content (AvgIpc) is 2.65. The number of thiocarbonyl (C=S) groups is 1. The Labute approximate surface area is 133 Å². The van der Waals surface area contributed by atoms with Gasteiger partial charge in [0.15, 0.2) is 0 Å². The first-order chi connectivity index (χ1) is 9.53. The van der Waals surface area contributed by atoms with Crippen LogP contribution in [0, 0.1) is 0 Å². The molecule has 0 bridgehead atoms. The monoisotopic (exact) mass is 354 g/mol. The van der Waals surface area contributed by atoms with Crippen molar-refractivity contribution in [1.29, 1.82) is 0 Å². The SMILES string of the molecule is NC(=S)C1(NC(=O)c2cccc(Br)c2)CCCCCC1. The quantitative estimate of drug-likeness (QED) is 0.644. The lowest BCUT2D eigenvalue weighted by atomic mass is 9.89. The van der Waals surface area contributed by atoms with E-state index in [1.54, 1.807) is 12.1 Å². The highest BCUT2D eigenvalue weighted by molar-refractivity contribution is 9.10. The zero-order valence-corrected chi connectivity index (χ0v) is 13.7. The third-order valence-corrected chi connectivity index (χ3v) is 4.75. The van der Waals surface area contributed by atoms with E-state index >= 15 is 0 Å². The summed E-state index contributed by atoms with van der Waals surface area (Å²) in [4.78, 5) is 12.8. The summed E-state index contributed by atoms with van der Waals surface area (Å²) in [6.07, 6.45) is 6.13. The standard InChI is InChI=1S/C15H19BrN2OS/c16-12-7-5-6-11(10-12)13(19)18-15(14(17)20)8-3-1-2-4-9-15/h5-7,10H,1-4,8-9H2,(H2,17,20)(H,18,19). The van der Waals surface area contributed by atoms with Gasteiger partial charge in [-0.25, -0.2) is 0 Å². The van der Waals surface area contributed by atoms with Gasteiger partial charge in [0.1, 0.15) is 0 Å². The number of halogens is 1. The van der Waals surface area contributed by atoms with Gasteiger partial charge < -0.3 is 11.1 Å². The topological polar surface area (TPSA) is 55.1 Å². The second-order valence-electron chi connectivity index (χ2n) is 5.33. The Hall–Kier alpha value is -0.940. The van der Waals surface area contributed by atoms with E-state index in [2.05, 4.69) is 21.2 Å². The third-order valence-electron chi connectivity index (χ3n) is 3.87. The fourth-order valence-electron chi connectivity index (χ4n) is 2.68. The van der Waals surface area contributed by atoms with Crippen LogP contribution in [0.1, 0.15) is 48.9 Å². The summed E-state index contributed by atoms with van der Waals surface area (Å²) in [6.45, 7) is 0. The van der Waals surface area contributed by atoms with Crippen LogP contribution in [0.2, 0.25) is 0 Å². The van der Waals surface area contributed by atoms with Crippen molar-refractivity contribution in [1.82, 2.24) is 5.32 Å². The van der Waals surface area contributed by atoms with Crippen LogP contribution in [0.5, 0.6) is 0 Å². The molecule has 1 aliphatic rings. The molecular weight excluding hydrogens is 336 g/mol. The number of amides is 1. The number of rotatable bonds is 3. The molecule has 1 amide bonds. The molecule has 0 atom stereocenters. The summed E-state index contributed by atoms with van der Waals surface area (Å²) in [7, 11) is 0. The second-order valence-corrected chi connectivity index (χ2v) is 6.68. The minimum Gasteiger partial charge on any atom is -0.391 e. The lowest BCUT2D eigenvalue weighted by molar-refractivity contribution is 0.0917. The van der Waals surface area contributed by atoms with E-state index in [9.17, 15) is 4.79 Å². The summed E-state index contributed by atoms with van der Waals surface area (Å²) in [6, 6.07) is 7.34. The Kier molecular flexibility index (Phi) is 5.16. The van der Waals surface area contributed by atoms with Crippen LogP contribution < -0.4 is 11.1 Å². The number of nitrogens with two attached hydrogens (primary N) is 1. The van der Waals surface area contributed by atoms with Crippen molar-refractivity contribution in [2.45, 2.75) is 44.1 Å². The Morgan fingerprint density at radius 3 is 2.45 bits per heavy atom. The molecule has 1 fully saturated rings. The minimum absolute atomic E-state index is 0.110. The lowest BCUT2D eigenvalue weighted by Crippen LogP contribution is -2.56. The smallest absolute Gasteiger partial charge is 0.252 e. The number of hydrogen-bond acceptors (Lipinski definition) is 2. The molecule has 20 heavy (non-hydrogen) atoms. The fourth-order valence-corrected chi connectivity index (χ4v) is 3.34. The molecule has 2 rings (SSSR count). The van der Waals surface area contributed by atoms with Gasteiger partial charge in [0, 0.05) is 10.0 Å². The van der Waals surface area contributed by atoms with Gasteiger partial charge in [0.05, 0.1) is 10.5 Å². The van der Waals surface area contributed by atoms with E-state index in [1.807, 2.05) is 12.1 Å². The Morgan fingerprint density at radius 2 is 1.90 bits per heavy atom. The molecule has 5 heteroatoms. The highest BCUT2D eigenvalue weighted by Crippen LogP contribution is 2.28. The maximum atomic E-state index is 12.4. The van der Waals surface area contributed by atoms with E-state index in [0.29, 0.717) is 10.6 Å². The van der Waals surface area contributed by atoms with Crippen molar-refractivity contribution >= 4 is 39.0 Å². The van der Waals surface area contributed by atoms with E-state index in [-0.39, 0.29) is 5.91 Å². The van der Waals surface area contributed by atoms with Crippen LogP contribution in [0.4, 0.5) is 0 Å². The molecule has 3 N–H and O–H groups in total. The van der Waals surface area contributed by atoms with E-state index in [1.165, 1.54) is 12.8 Å². The maximum absolute atomic E-state index is 12.4. The first-order valence-corrected chi connectivity index (χ1v) is 8.12. The molecule has 0 unspecified atom stereocenters. The fraction of sp³-hybridized carbons (Fsp3) is 0.467. The molecule has 1 aliphatic carbocycles. The number of benzene rings is 1. The van der Waals surface area contributed by atoms with Crippen molar-refractivity contribution in [3.05, 3.63) is 34.3 Å². The highest BCUT2D eigenvalue weighted by atomic mass is 79.9. The van der Waals surface area contributed by atoms with Crippen LogP contribution in [0.25, 0.3) is 0 Å². The van der Waals surface area contributed by atoms with E-state index in [4.69, 9.17) is 18.0 Å². The van der Waals surface area contributed by atoms with Gasteiger partial charge in [-0.1, -0.05) is 59.9 Å². The Morgan fingerprint density at radius 1 is 1.25 bits per heavy atom. The number of carbonyl (C=O) groups excluding carboxylic acids is 1. The first-order valence-electron chi connectivity index (χ1n) is 6.91. The van der Waals surface area contributed by atoms with Crippen molar-refractivity contribution in [3.8, 4) is 0 Å². The third kappa shape index (κ3) is 3.58. The zero-order chi connectivity index (χ0) is 14.6. The molecule has 0 heterocycles. The van der Waals surface area contributed by atoms with Crippen molar-refractivity contribution in [2.24, 2.45) is 5.73 Å². The first kappa shape index (κ1) is 15.4. The highest BCUT2D eigenvalue weighted by Gasteiger charge is 2.35. The molecule has 0 spiro atoms. The lowest BCUT2D eigenvalue weighted by Gasteiger charge is -2.33. The molecule has 0 aliphatic heterocycles.